The number of hydrogen-bond acceptors (Lipinski definition) is 5. The number of sulfonamides is 1. The Morgan fingerprint density at radius 1 is 1.09 bits per heavy atom. The molecule has 0 aliphatic carbocycles. The van der Waals surface area contributed by atoms with Crippen LogP contribution in [0.2, 0.25) is 5.02 Å². The minimum absolute atomic E-state index is 0.0985. The number of benzene rings is 2. The number of ether oxygens (including phenoxy) is 1. The summed E-state index contributed by atoms with van der Waals surface area (Å²) in [5, 5.41) is 0.736. The third-order valence-electron chi connectivity index (χ3n) is 6.25. The summed E-state index contributed by atoms with van der Waals surface area (Å²) in [6, 6.07) is 12.4. The molecular formula is C24H32ClN3O4S. The Morgan fingerprint density at radius 2 is 1.73 bits per heavy atom. The number of carbonyl (C=O) groups excluding carboxylic acids is 1. The van der Waals surface area contributed by atoms with Crippen molar-refractivity contribution in [1.29, 1.82) is 0 Å². The average Bonchev–Trinajstić information content (AvgIpc) is 2.83. The predicted octanol–water partition coefficient (Wildman–Crippen LogP) is 3.90. The van der Waals surface area contributed by atoms with Crippen molar-refractivity contribution >= 4 is 27.5 Å². The molecule has 9 heteroatoms. The van der Waals surface area contributed by atoms with Crippen LogP contribution < -0.4 is 4.74 Å². The zero-order valence-corrected chi connectivity index (χ0v) is 21.2. The molecule has 1 saturated heterocycles. The van der Waals surface area contributed by atoms with Gasteiger partial charge in [-0.1, -0.05) is 43.6 Å². The van der Waals surface area contributed by atoms with E-state index in [0.717, 1.165) is 10.6 Å². The van der Waals surface area contributed by atoms with Gasteiger partial charge in [-0.2, -0.15) is 4.31 Å². The fraction of sp³-hybridized carbons (Fsp3) is 0.458. The molecule has 33 heavy (non-hydrogen) atoms. The first-order valence-electron chi connectivity index (χ1n) is 11.2. The molecule has 2 aromatic carbocycles. The molecule has 1 amide bonds. The molecule has 0 aromatic heterocycles. The average molecular weight is 494 g/mol. The molecule has 0 bridgehead atoms. The van der Waals surface area contributed by atoms with Crippen LogP contribution in [0.3, 0.4) is 0 Å². The molecule has 1 aliphatic rings. The standard InChI is InChI=1S/C24H32ClN3O4S/c1-5-28(6-2)33(30,31)19-11-12-23(32-4)21(17-19)24(29)27-15-13-26(14-16-27)18(3)20-9-7-8-10-22(20)25/h7-12,17-18H,5-6,13-16H2,1-4H3. The lowest BCUT2D eigenvalue weighted by molar-refractivity contribution is 0.0579. The summed E-state index contributed by atoms with van der Waals surface area (Å²) in [6.45, 7) is 8.87. The second-order valence-corrected chi connectivity index (χ2v) is 10.3. The Kier molecular flexibility index (Phi) is 8.39. The minimum Gasteiger partial charge on any atom is -0.496 e. The van der Waals surface area contributed by atoms with Gasteiger partial charge in [0, 0.05) is 50.3 Å². The van der Waals surface area contributed by atoms with Gasteiger partial charge in [0.1, 0.15) is 5.75 Å². The van der Waals surface area contributed by atoms with E-state index in [2.05, 4.69) is 11.8 Å². The molecule has 1 unspecified atom stereocenters. The summed E-state index contributed by atoms with van der Waals surface area (Å²) >= 11 is 6.37. The molecule has 1 aliphatic heterocycles. The number of hydrogen-bond donors (Lipinski definition) is 0. The van der Waals surface area contributed by atoms with E-state index in [-0.39, 0.29) is 22.4 Å². The molecule has 3 rings (SSSR count). The van der Waals surface area contributed by atoms with Crippen molar-refractivity contribution in [2.75, 3.05) is 46.4 Å². The van der Waals surface area contributed by atoms with Crippen molar-refractivity contribution < 1.29 is 17.9 Å². The highest BCUT2D eigenvalue weighted by molar-refractivity contribution is 7.89. The van der Waals surface area contributed by atoms with Gasteiger partial charge >= 0.3 is 0 Å². The van der Waals surface area contributed by atoms with E-state index in [1.807, 2.05) is 24.3 Å². The van der Waals surface area contributed by atoms with Gasteiger partial charge in [0.25, 0.3) is 5.91 Å². The van der Waals surface area contributed by atoms with E-state index in [1.54, 1.807) is 24.8 Å². The van der Waals surface area contributed by atoms with Gasteiger partial charge < -0.3 is 9.64 Å². The van der Waals surface area contributed by atoms with Crippen molar-refractivity contribution in [1.82, 2.24) is 14.1 Å². The smallest absolute Gasteiger partial charge is 0.257 e. The van der Waals surface area contributed by atoms with Crippen molar-refractivity contribution in [2.24, 2.45) is 0 Å². The molecule has 0 radical (unpaired) electrons. The van der Waals surface area contributed by atoms with Crippen LogP contribution in [0.5, 0.6) is 5.75 Å². The van der Waals surface area contributed by atoms with Crippen LogP contribution in [-0.2, 0) is 10.0 Å². The van der Waals surface area contributed by atoms with Gasteiger partial charge in [0.05, 0.1) is 17.6 Å². The van der Waals surface area contributed by atoms with E-state index in [4.69, 9.17) is 16.3 Å². The van der Waals surface area contributed by atoms with Gasteiger partial charge in [-0.05, 0) is 36.8 Å². The molecule has 180 valence electrons. The van der Waals surface area contributed by atoms with Crippen LogP contribution in [0.1, 0.15) is 42.7 Å². The van der Waals surface area contributed by atoms with Crippen LogP contribution >= 0.6 is 11.6 Å². The Bertz CT molecular complexity index is 1080. The van der Waals surface area contributed by atoms with Gasteiger partial charge in [0.2, 0.25) is 10.0 Å². The topological polar surface area (TPSA) is 70.2 Å². The van der Waals surface area contributed by atoms with Gasteiger partial charge in [0.15, 0.2) is 0 Å². The molecule has 0 spiro atoms. The SMILES string of the molecule is CCN(CC)S(=O)(=O)c1ccc(OC)c(C(=O)N2CCN(C(C)c3ccccc3Cl)CC2)c1. The number of carbonyl (C=O) groups is 1. The van der Waals surface area contributed by atoms with E-state index in [9.17, 15) is 13.2 Å². The van der Waals surface area contributed by atoms with E-state index >= 15 is 0 Å². The normalized spacial score (nSPS) is 16.1. The predicted molar refractivity (Wildman–Crippen MR) is 130 cm³/mol. The van der Waals surface area contributed by atoms with Gasteiger partial charge in [-0.3, -0.25) is 9.69 Å². The maximum Gasteiger partial charge on any atom is 0.257 e. The van der Waals surface area contributed by atoms with Crippen molar-refractivity contribution in [3.05, 3.63) is 58.6 Å². The Hall–Kier alpha value is -2.13. The van der Waals surface area contributed by atoms with Crippen LogP contribution in [0.25, 0.3) is 0 Å². The lowest BCUT2D eigenvalue weighted by atomic mass is 10.1. The molecule has 1 heterocycles. The quantitative estimate of drug-likeness (QED) is 0.557. The molecule has 2 aromatic rings. The lowest BCUT2D eigenvalue weighted by Gasteiger charge is -2.38. The Labute approximate surface area is 201 Å². The maximum atomic E-state index is 13.4. The first-order chi connectivity index (χ1) is 15.7. The van der Waals surface area contributed by atoms with Crippen LogP contribution in [0.4, 0.5) is 0 Å². The Balaban J connectivity index is 1.78. The van der Waals surface area contributed by atoms with E-state index in [0.29, 0.717) is 45.0 Å². The summed E-state index contributed by atoms with van der Waals surface area (Å²) in [6.07, 6.45) is 0. The summed E-state index contributed by atoms with van der Waals surface area (Å²) in [7, 11) is -2.20. The molecule has 1 fully saturated rings. The number of piperazine rings is 1. The third-order valence-corrected chi connectivity index (χ3v) is 8.64. The van der Waals surface area contributed by atoms with Crippen LogP contribution in [0.15, 0.2) is 47.4 Å². The van der Waals surface area contributed by atoms with Gasteiger partial charge in [-0.15, -0.1) is 0 Å². The number of methoxy groups -OCH3 is 1. The fourth-order valence-corrected chi connectivity index (χ4v) is 6.00. The number of amides is 1. The fourth-order valence-electron chi connectivity index (χ4n) is 4.22. The highest BCUT2D eigenvalue weighted by Crippen LogP contribution is 2.29. The molecular weight excluding hydrogens is 462 g/mol. The van der Waals surface area contributed by atoms with Crippen molar-refractivity contribution in [3.63, 3.8) is 0 Å². The lowest BCUT2D eigenvalue weighted by Crippen LogP contribution is -2.49. The molecule has 1 atom stereocenters. The van der Waals surface area contributed by atoms with Gasteiger partial charge in [-0.25, -0.2) is 8.42 Å². The second kappa shape index (κ2) is 10.9. The zero-order valence-electron chi connectivity index (χ0n) is 19.6. The third kappa shape index (κ3) is 5.35. The highest BCUT2D eigenvalue weighted by atomic mass is 35.5. The van der Waals surface area contributed by atoms with Crippen LogP contribution in [0, 0.1) is 0 Å². The minimum atomic E-state index is -3.68. The molecule has 0 N–H and O–H groups in total. The van der Waals surface area contributed by atoms with Crippen molar-refractivity contribution in [2.45, 2.75) is 31.7 Å². The number of rotatable bonds is 8. The monoisotopic (exact) mass is 493 g/mol. The summed E-state index contributed by atoms with van der Waals surface area (Å²) in [5.41, 5.74) is 1.33. The second-order valence-electron chi connectivity index (χ2n) is 7.98. The van der Waals surface area contributed by atoms with Crippen molar-refractivity contribution in [3.8, 4) is 5.75 Å². The maximum absolute atomic E-state index is 13.4. The summed E-state index contributed by atoms with van der Waals surface area (Å²) in [4.78, 5) is 17.5. The Morgan fingerprint density at radius 3 is 2.30 bits per heavy atom. The largest absolute Gasteiger partial charge is 0.496 e. The van der Waals surface area contributed by atoms with E-state index in [1.165, 1.54) is 23.5 Å². The van der Waals surface area contributed by atoms with Crippen LogP contribution in [-0.4, -0.2) is 74.8 Å². The number of nitrogens with zero attached hydrogens (tertiary/aromatic N) is 3. The summed E-state index contributed by atoms with van der Waals surface area (Å²) < 4.78 is 32.7. The molecule has 0 saturated carbocycles. The summed E-state index contributed by atoms with van der Waals surface area (Å²) in [5.74, 6) is 0.138. The first kappa shape index (κ1) is 25.5. The first-order valence-corrected chi connectivity index (χ1v) is 13.0. The highest BCUT2D eigenvalue weighted by Gasteiger charge is 2.29. The molecule has 7 nitrogen and oxygen atoms in total. The number of halogens is 1. The zero-order chi connectivity index (χ0) is 24.2. The van der Waals surface area contributed by atoms with E-state index < -0.39 is 10.0 Å².